The number of allylic oxidation sites excluding steroid dienone is 3. The van der Waals surface area contributed by atoms with Gasteiger partial charge in [-0.2, -0.15) is 0 Å². The molecule has 0 aromatic rings. The molecule has 1 aliphatic heterocycles. The Morgan fingerprint density at radius 3 is 3.20 bits per heavy atom. The number of carbonyl (C=O) groups excluding carboxylic acids is 1. The molecule has 0 saturated heterocycles. The monoisotopic (exact) mass is 134 g/mol. The van der Waals surface area contributed by atoms with Crippen LogP contribution in [0.5, 0.6) is 0 Å². The van der Waals surface area contributed by atoms with E-state index in [9.17, 15) is 4.79 Å². The van der Waals surface area contributed by atoms with Gasteiger partial charge in [0.15, 0.2) is 5.78 Å². The van der Waals surface area contributed by atoms with Gasteiger partial charge >= 0.3 is 0 Å². The van der Waals surface area contributed by atoms with Crippen LogP contribution in [-0.2, 0) is 4.79 Å². The second-order valence-corrected chi connectivity index (χ2v) is 2.19. The SMILES string of the molecule is O=C1CC=CC2=C1N[C]N2. The van der Waals surface area contributed by atoms with Crippen molar-refractivity contribution in [2.75, 3.05) is 0 Å². The third-order valence-electron chi connectivity index (χ3n) is 1.52. The predicted molar refractivity (Wildman–Crippen MR) is 35.3 cm³/mol. The third-order valence-corrected chi connectivity index (χ3v) is 1.52. The quantitative estimate of drug-likeness (QED) is 0.486. The number of hydrogen-bond acceptors (Lipinski definition) is 3. The van der Waals surface area contributed by atoms with Gasteiger partial charge in [-0.1, -0.05) is 6.08 Å². The molecule has 3 nitrogen and oxygen atoms in total. The lowest BCUT2D eigenvalue weighted by Crippen LogP contribution is -2.14. The van der Waals surface area contributed by atoms with Crippen LogP contribution in [-0.4, -0.2) is 5.78 Å². The number of Topliss-reactive ketones (excluding diaryl/α,β-unsaturated/α-hetero) is 1. The maximum atomic E-state index is 11.0. The van der Waals surface area contributed by atoms with E-state index in [4.69, 9.17) is 0 Å². The van der Waals surface area contributed by atoms with Gasteiger partial charge in [0, 0.05) is 6.42 Å². The fourth-order valence-electron chi connectivity index (χ4n) is 1.02. The van der Waals surface area contributed by atoms with Crippen molar-refractivity contribution in [3.63, 3.8) is 0 Å². The maximum absolute atomic E-state index is 11.0. The number of rotatable bonds is 0. The smallest absolute Gasteiger partial charge is 0.203 e. The van der Waals surface area contributed by atoms with E-state index in [1.807, 2.05) is 12.2 Å². The minimum atomic E-state index is 0.120. The average Bonchev–Trinajstić information content (AvgIpc) is 2.36. The normalized spacial score (nSPS) is 22.2. The largest absolute Gasteiger partial charge is 0.354 e. The first-order valence-electron chi connectivity index (χ1n) is 3.09. The molecule has 0 aromatic carbocycles. The third kappa shape index (κ3) is 0.635. The van der Waals surface area contributed by atoms with E-state index in [-0.39, 0.29) is 5.78 Å². The van der Waals surface area contributed by atoms with Crippen LogP contribution < -0.4 is 10.6 Å². The molecule has 0 atom stereocenters. The van der Waals surface area contributed by atoms with Crippen LogP contribution in [0.15, 0.2) is 23.5 Å². The standard InChI is InChI=1S/C7H6N2O/c10-6-3-1-2-5-7(6)9-4-8-5/h1-2,8-9H,3H2. The molecular formula is C7H6N2O. The Hall–Kier alpha value is -1.25. The van der Waals surface area contributed by atoms with E-state index in [2.05, 4.69) is 17.3 Å². The molecule has 2 N–H and O–H groups in total. The first kappa shape index (κ1) is 5.53. The lowest BCUT2D eigenvalue weighted by Gasteiger charge is -2.04. The first-order valence-corrected chi connectivity index (χ1v) is 3.09. The minimum absolute atomic E-state index is 0.120. The van der Waals surface area contributed by atoms with Crippen molar-refractivity contribution in [1.82, 2.24) is 10.6 Å². The Morgan fingerprint density at radius 2 is 2.40 bits per heavy atom. The summed E-state index contributed by atoms with van der Waals surface area (Å²) >= 11 is 0. The van der Waals surface area contributed by atoms with Gasteiger partial charge in [0.1, 0.15) is 5.70 Å². The number of nitrogens with one attached hydrogen (secondary N) is 2. The lowest BCUT2D eigenvalue weighted by molar-refractivity contribution is -0.115. The topological polar surface area (TPSA) is 41.1 Å². The zero-order valence-corrected chi connectivity index (χ0v) is 5.27. The van der Waals surface area contributed by atoms with E-state index >= 15 is 0 Å². The van der Waals surface area contributed by atoms with Crippen LogP contribution in [0.4, 0.5) is 0 Å². The highest BCUT2D eigenvalue weighted by atomic mass is 16.1. The van der Waals surface area contributed by atoms with E-state index < -0.39 is 0 Å². The van der Waals surface area contributed by atoms with Crippen LogP contribution in [0.1, 0.15) is 6.42 Å². The van der Waals surface area contributed by atoms with Crippen molar-refractivity contribution in [2.45, 2.75) is 6.42 Å². The lowest BCUT2D eigenvalue weighted by atomic mass is 10.1. The summed E-state index contributed by atoms with van der Waals surface area (Å²) in [4.78, 5) is 11.0. The highest BCUT2D eigenvalue weighted by Gasteiger charge is 2.20. The Labute approximate surface area is 58.8 Å². The summed E-state index contributed by atoms with van der Waals surface area (Å²) in [6.07, 6.45) is 4.21. The molecule has 2 aliphatic rings. The minimum Gasteiger partial charge on any atom is -0.354 e. The Kier molecular flexibility index (Phi) is 1.03. The van der Waals surface area contributed by atoms with Gasteiger partial charge in [0.2, 0.25) is 6.67 Å². The molecule has 0 saturated carbocycles. The second-order valence-electron chi connectivity index (χ2n) is 2.19. The van der Waals surface area contributed by atoms with Gasteiger partial charge in [0.25, 0.3) is 0 Å². The maximum Gasteiger partial charge on any atom is 0.203 e. The van der Waals surface area contributed by atoms with E-state index in [1.165, 1.54) is 0 Å². The highest BCUT2D eigenvalue weighted by Crippen LogP contribution is 2.14. The van der Waals surface area contributed by atoms with Crippen LogP contribution in [0.2, 0.25) is 0 Å². The van der Waals surface area contributed by atoms with Gasteiger partial charge in [-0.15, -0.1) is 0 Å². The molecule has 0 fully saturated rings. The second kappa shape index (κ2) is 1.87. The molecule has 10 heavy (non-hydrogen) atoms. The summed E-state index contributed by atoms with van der Waals surface area (Å²) in [7, 11) is 0. The average molecular weight is 134 g/mol. The van der Waals surface area contributed by atoms with Crippen molar-refractivity contribution in [3.8, 4) is 0 Å². The van der Waals surface area contributed by atoms with Crippen molar-refractivity contribution in [3.05, 3.63) is 30.2 Å². The molecule has 0 aromatic heterocycles. The molecule has 50 valence electrons. The van der Waals surface area contributed by atoms with Gasteiger partial charge < -0.3 is 10.6 Å². The van der Waals surface area contributed by atoms with E-state index in [1.54, 1.807) is 0 Å². The summed E-state index contributed by atoms with van der Waals surface area (Å²) < 4.78 is 0. The van der Waals surface area contributed by atoms with Gasteiger partial charge in [-0.25, -0.2) is 0 Å². The van der Waals surface area contributed by atoms with Gasteiger partial charge in [0.05, 0.1) is 5.70 Å². The van der Waals surface area contributed by atoms with Crippen LogP contribution in [0.3, 0.4) is 0 Å². The number of ketones is 1. The predicted octanol–water partition coefficient (Wildman–Crippen LogP) is -0.0839. The fraction of sp³-hybridized carbons (Fsp3) is 0.143. The van der Waals surface area contributed by atoms with Crippen molar-refractivity contribution >= 4 is 5.78 Å². The molecule has 0 bridgehead atoms. The number of hydrogen-bond donors (Lipinski definition) is 2. The van der Waals surface area contributed by atoms with E-state index in [0.29, 0.717) is 12.1 Å². The zero-order chi connectivity index (χ0) is 6.97. The molecule has 2 rings (SSSR count). The number of carbonyl (C=O) groups is 1. The fourth-order valence-corrected chi connectivity index (χ4v) is 1.02. The highest BCUT2D eigenvalue weighted by molar-refractivity contribution is 5.98. The molecule has 0 spiro atoms. The molecule has 0 unspecified atom stereocenters. The molecule has 3 heteroatoms. The van der Waals surface area contributed by atoms with Gasteiger partial charge in [-0.3, -0.25) is 4.79 Å². The molecule has 2 radical (unpaired) electrons. The van der Waals surface area contributed by atoms with Crippen molar-refractivity contribution in [2.24, 2.45) is 0 Å². The Balaban J connectivity index is 2.39. The van der Waals surface area contributed by atoms with Crippen molar-refractivity contribution in [1.29, 1.82) is 0 Å². The summed E-state index contributed by atoms with van der Waals surface area (Å²) in [5, 5.41) is 5.53. The van der Waals surface area contributed by atoms with Crippen molar-refractivity contribution < 1.29 is 4.79 Å². The first-order chi connectivity index (χ1) is 4.88. The Morgan fingerprint density at radius 1 is 1.50 bits per heavy atom. The zero-order valence-electron chi connectivity index (χ0n) is 5.27. The summed E-state index contributed by atoms with van der Waals surface area (Å²) in [6, 6.07) is 0. The van der Waals surface area contributed by atoms with E-state index in [0.717, 1.165) is 5.70 Å². The summed E-state index contributed by atoms with van der Waals surface area (Å²) in [6.45, 7) is 2.65. The molecule has 1 aliphatic carbocycles. The summed E-state index contributed by atoms with van der Waals surface area (Å²) in [5.74, 6) is 0.120. The molecule has 1 heterocycles. The molecule has 0 amide bonds. The molecular weight excluding hydrogens is 128 g/mol. The Bertz CT molecular complexity index is 240. The summed E-state index contributed by atoms with van der Waals surface area (Å²) in [5.41, 5.74) is 1.47. The van der Waals surface area contributed by atoms with Gasteiger partial charge in [-0.05, 0) is 6.08 Å². The van der Waals surface area contributed by atoms with Crippen LogP contribution >= 0.6 is 0 Å². The van der Waals surface area contributed by atoms with Crippen LogP contribution in [0, 0.1) is 6.67 Å². The van der Waals surface area contributed by atoms with Crippen LogP contribution in [0.25, 0.3) is 0 Å².